The molecule has 3 aromatic rings. The molecule has 0 spiro atoms. The Morgan fingerprint density at radius 3 is 2.66 bits per heavy atom. The van der Waals surface area contributed by atoms with E-state index in [1.807, 2.05) is 31.2 Å². The monoisotopic (exact) mass is 409 g/mol. The van der Waals surface area contributed by atoms with Crippen molar-refractivity contribution in [1.82, 2.24) is 9.29 Å². The molecule has 1 atom stereocenters. The van der Waals surface area contributed by atoms with Gasteiger partial charge in [-0.1, -0.05) is 35.9 Å². The van der Waals surface area contributed by atoms with Gasteiger partial charge >= 0.3 is 0 Å². The average molecular weight is 410 g/mol. The van der Waals surface area contributed by atoms with Crippen molar-refractivity contribution in [1.29, 1.82) is 0 Å². The minimum atomic E-state index is -3.61. The molecule has 1 aliphatic heterocycles. The normalized spacial score (nSPS) is 17.9. The molecule has 150 valence electrons. The fraction of sp³-hybridized carbons (Fsp3) is 0.273. The Labute approximate surface area is 170 Å². The molecule has 1 saturated heterocycles. The number of pyridine rings is 1. The summed E-state index contributed by atoms with van der Waals surface area (Å²) in [6.07, 6.45) is 2.97. The average Bonchev–Trinajstić information content (AvgIpc) is 2.74. The molecule has 1 amide bonds. The van der Waals surface area contributed by atoms with Gasteiger partial charge in [-0.2, -0.15) is 4.31 Å². The summed E-state index contributed by atoms with van der Waals surface area (Å²) in [7, 11) is -3.61. The van der Waals surface area contributed by atoms with Crippen LogP contribution in [0.3, 0.4) is 0 Å². The Hall–Kier alpha value is -2.77. The van der Waals surface area contributed by atoms with Crippen molar-refractivity contribution in [2.45, 2.75) is 24.7 Å². The highest BCUT2D eigenvalue weighted by Gasteiger charge is 2.33. The summed E-state index contributed by atoms with van der Waals surface area (Å²) in [5.74, 6) is -0.555. The molecule has 0 unspecified atom stereocenters. The van der Waals surface area contributed by atoms with Crippen LogP contribution in [-0.2, 0) is 14.8 Å². The zero-order valence-corrected chi connectivity index (χ0v) is 17.0. The first-order valence-corrected chi connectivity index (χ1v) is 11.1. The van der Waals surface area contributed by atoms with Crippen molar-refractivity contribution < 1.29 is 13.2 Å². The molecule has 2 aromatic carbocycles. The number of nitrogens with zero attached hydrogens (tertiary/aromatic N) is 2. The smallest absolute Gasteiger partial charge is 0.243 e. The van der Waals surface area contributed by atoms with Crippen LogP contribution in [0.5, 0.6) is 0 Å². The van der Waals surface area contributed by atoms with Gasteiger partial charge in [-0.25, -0.2) is 8.42 Å². The number of amides is 1. The summed E-state index contributed by atoms with van der Waals surface area (Å²) in [6.45, 7) is 2.53. The van der Waals surface area contributed by atoms with E-state index in [2.05, 4.69) is 10.3 Å². The van der Waals surface area contributed by atoms with Crippen LogP contribution in [0.25, 0.3) is 10.9 Å². The lowest BCUT2D eigenvalue weighted by molar-refractivity contribution is -0.120. The fourth-order valence-electron chi connectivity index (χ4n) is 3.67. The Kier molecular flexibility index (Phi) is 5.34. The third-order valence-corrected chi connectivity index (χ3v) is 7.20. The summed E-state index contributed by atoms with van der Waals surface area (Å²) in [6, 6.07) is 16.2. The molecule has 1 N–H and O–H groups in total. The third kappa shape index (κ3) is 4.02. The molecule has 1 fully saturated rings. The van der Waals surface area contributed by atoms with E-state index in [0.29, 0.717) is 25.1 Å². The summed E-state index contributed by atoms with van der Waals surface area (Å²) in [4.78, 5) is 17.5. The van der Waals surface area contributed by atoms with E-state index in [1.54, 1.807) is 36.5 Å². The van der Waals surface area contributed by atoms with Crippen LogP contribution >= 0.6 is 0 Å². The van der Waals surface area contributed by atoms with Crippen LogP contribution in [0, 0.1) is 12.8 Å². The first kappa shape index (κ1) is 19.5. The van der Waals surface area contributed by atoms with Crippen molar-refractivity contribution >= 4 is 32.5 Å². The largest absolute Gasteiger partial charge is 0.325 e. The number of rotatable bonds is 4. The number of aryl methyl sites for hydroxylation is 1. The van der Waals surface area contributed by atoms with E-state index in [4.69, 9.17) is 0 Å². The molecule has 7 heteroatoms. The van der Waals surface area contributed by atoms with Crippen molar-refractivity contribution in [2.75, 3.05) is 18.4 Å². The summed E-state index contributed by atoms with van der Waals surface area (Å²) in [5, 5.41) is 3.84. The van der Waals surface area contributed by atoms with E-state index in [1.165, 1.54) is 4.31 Å². The maximum atomic E-state index is 13.0. The number of carbonyl (C=O) groups excluding carboxylic acids is 1. The van der Waals surface area contributed by atoms with Gasteiger partial charge in [-0.15, -0.1) is 0 Å². The van der Waals surface area contributed by atoms with Gasteiger partial charge in [-0.3, -0.25) is 9.78 Å². The second kappa shape index (κ2) is 7.93. The molecule has 29 heavy (non-hydrogen) atoms. The Morgan fingerprint density at radius 2 is 1.86 bits per heavy atom. The van der Waals surface area contributed by atoms with E-state index >= 15 is 0 Å². The summed E-state index contributed by atoms with van der Waals surface area (Å²) >= 11 is 0. The zero-order valence-electron chi connectivity index (χ0n) is 16.2. The summed E-state index contributed by atoms with van der Waals surface area (Å²) < 4.78 is 27.4. The topological polar surface area (TPSA) is 79.4 Å². The maximum Gasteiger partial charge on any atom is 0.243 e. The fourth-order valence-corrected chi connectivity index (χ4v) is 5.20. The van der Waals surface area contributed by atoms with Gasteiger partial charge in [-0.05, 0) is 44.0 Å². The second-order valence-electron chi connectivity index (χ2n) is 7.38. The molecule has 0 aliphatic carbocycles. The number of sulfonamides is 1. The van der Waals surface area contributed by atoms with Crippen LogP contribution in [0.1, 0.15) is 18.4 Å². The van der Waals surface area contributed by atoms with Gasteiger partial charge in [0.1, 0.15) is 0 Å². The number of fused-ring (bicyclic) bond motifs is 1. The van der Waals surface area contributed by atoms with Gasteiger partial charge in [0.2, 0.25) is 15.9 Å². The first-order chi connectivity index (χ1) is 13.9. The van der Waals surface area contributed by atoms with Crippen LogP contribution in [0.2, 0.25) is 0 Å². The van der Waals surface area contributed by atoms with Gasteiger partial charge in [0.25, 0.3) is 0 Å². The van der Waals surface area contributed by atoms with Crippen LogP contribution < -0.4 is 5.32 Å². The predicted molar refractivity (Wildman–Crippen MR) is 113 cm³/mol. The van der Waals surface area contributed by atoms with E-state index < -0.39 is 15.9 Å². The Bertz CT molecular complexity index is 1140. The minimum absolute atomic E-state index is 0.162. The zero-order chi connectivity index (χ0) is 20.4. The van der Waals surface area contributed by atoms with Crippen molar-refractivity contribution in [3.8, 4) is 0 Å². The van der Waals surface area contributed by atoms with E-state index in [0.717, 1.165) is 16.5 Å². The molecular formula is C22H23N3O3S. The standard InChI is InChI=1S/C22H23N3O3S/c1-16-8-10-18(11-9-16)29(27,28)25-14-4-5-17(15-25)22(26)24-21-12-13-23-20-7-3-2-6-19(20)21/h2-3,6-13,17H,4-5,14-15H2,1H3,(H,23,24,26)/t17-/m0/s1. The lowest BCUT2D eigenvalue weighted by Crippen LogP contribution is -2.43. The third-order valence-electron chi connectivity index (χ3n) is 5.32. The van der Waals surface area contributed by atoms with E-state index in [-0.39, 0.29) is 17.3 Å². The second-order valence-corrected chi connectivity index (χ2v) is 9.32. The molecule has 4 rings (SSSR count). The lowest BCUT2D eigenvalue weighted by Gasteiger charge is -2.31. The van der Waals surface area contributed by atoms with Crippen molar-refractivity contribution in [2.24, 2.45) is 5.92 Å². The van der Waals surface area contributed by atoms with Crippen LogP contribution in [0.4, 0.5) is 5.69 Å². The maximum absolute atomic E-state index is 13.0. The number of piperidine rings is 1. The highest BCUT2D eigenvalue weighted by atomic mass is 32.2. The molecule has 6 nitrogen and oxygen atoms in total. The van der Waals surface area contributed by atoms with Crippen LogP contribution in [0.15, 0.2) is 65.7 Å². The van der Waals surface area contributed by atoms with Crippen molar-refractivity contribution in [3.05, 3.63) is 66.4 Å². The number of carbonyl (C=O) groups is 1. The van der Waals surface area contributed by atoms with Gasteiger partial charge in [0, 0.05) is 24.7 Å². The highest BCUT2D eigenvalue weighted by molar-refractivity contribution is 7.89. The molecular weight excluding hydrogens is 386 g/mol. The number of anilines is 1. The van der Waals surface area contributed by atoms with Crippen molar-refractivity contribution in [3.63, 3.8) is 0 Å². The van der Waals surface area contributed by atoms with E-state index in [9.17, 15) is 13.2 Å². The quantitative estimate of drug-likeness (QED) is 0.714. The SMILES string of the molecule is Cc1ccc(S(=O)(=O)N2CCC[C@H](C(=O)Nc3ccnc4ccccc34)C2)cc1. The molecule has 1 aromatic heterocycles. The predicted octanol–water partition coefficient (Wildman–Crippen LogP) is 3.58. The Morgan fingerprint density at radius 1 is 1.10 bits per heavy atom. The molecule has 0 radical (unpaired) electrons. The molecule has 1 aliphatic rings. The summed E-state index contributed by atoms with van der Waals surface area (Å²) in [5.41, 5.74) is 2.50. The number of aromatic nitrogens is 1. The van der Waals surface area contributed by atoms with Gasteiger partial charge in [0.15, 0.2) is 0 Å². The molecule has 0 saturated carbocycles. The number of hydrogen-bond donors (Lipinski definition) is 1. The molecule has 2 heterocycles. The highest BCUT2D eigenvalue weighted by Crippen LogP contribution is 2.26. The lowest BCUT2D eigenvalue weighted by atomic mass is 9.98. The van der Waals surface area contributed by atoms with Gasteiger partial charge < -0.3 is 5.32 Å². The first-order valence-electron chi connectivity index (χ1n) is 9.66. The Balaban J connectivity index is 1.52. The number of benzene rings is 2. The number of hydrogen-bond acceptors (Lipinski definition) is 4. The van der Waals surface area contributed by atoms with Crippen LogP contribution in [-0.4, -0.2) is 36.7 Å². The van der Waals surface area contributed by atoms with Gasteiger partial charge in [0.05, 0.1) is 22.0 Å². The molecule has 0 bridgehead atoms. The number of para-hydroxylation sites is 1. The number of nitrogens with one attached hydrogen (secondary N) is 1. The minimum Gasteiger partial charge on any atom is -0.325 e.